The van der Waals surface area contributed by atoms with Gasteiger partial charge in [-0.05, 0) is 41.8 Å². The Morgan fingerprint density at radius 2 is 2.23 bits per heavy atom. The van der Waals surface area contributed by atoms with Crippen LogP contribution in [0.5, 0.6) is 0 Å². The number of aromatic nitrogens is 1. The Kier molecular flexibility index (Phi) is 4.06. The van der Waals surface area contributed by atoms with E-state index in [-0.39, 0.29) is 23.6 Å². The van der Waals surface area contributed by atoms with Crippen LogP contribution < -0.4 is 11.3 Å². The van der Waals surface area contributed by atoms with Gasteiger partial charge in [0.2, 0.25) is 5.56 Å². The number of carbonyl (C=O) groups excluding carboxylic acids is 1. The minimum Gasteiger partial charge on any atom is -0.336 e. The van der Waals surface area contributed by atoms with Gasteiger partial charge in [-0.2, -0.15) is 0 Å². The number of likely N-dealkylation sites (tertiary alicyclic amines) is 1. The number of para-hydroxylation sites is 1. The van der Waals surface area contributed by atoms with Gasteiger partial charge in [0.15, 0.2) is 0 Å². The zero-order valence-electron chi connectivity index (χ0n) is 12.3. The van der Waals surface area contributed by atoms with Crippen LogP contribution in [0.1, 0.15) is 30.1 Å². The van der Waals surface area contributed by atoms with Crippen molar-refractivity contribution in [3.8, 4) is 0 Å². The molecule has 0 aliphatic carbocycles. The summed E-state index contributed by atoms with van der Waals surface area (Å²) < 4.78 is 0.769. The predicted molar refractivity (Wildman–Crippen MR) is 90.0 cm³/mol. The van der Waals surface area contributed by atoms with E-state index < -0.39 is 0 Å². The molecule has 0 bridgehead atoms. The van der Waals surface area contributed by atoms with Gasteiger partial charge in [0.1, 0.15) is 0 Å². The monoisotopic (exact) mass is 363 g/mol. The Balaban J connectivity index is 2.08. The first kappa shape index (κ1) is 15.2. The molecule has 2 unspecified atom stereocenters. The number of piperidine rings is 1. The number of nitrogens with two attached hydrogens (primary N) is 1. The highest BCUT2D eigenvalue weighted by atomic mass is 79.9. The third-order valence-corrected chi connectivity index (χ3v) is 4.90. The van der Waals surface area contributed by atoms with Crippen LogP contribution in [0.25, 0.3) is 10.9 Å². The normalized spacial score (nSPS) is 22.0. The SMILES string of the molecule is CC1CC(N)CCN1C(=O)c1cc(=O)[nH]c2c(Br)cccc12. The van der Waals surface area contributed by atoms with E-state index in [1.54, 1.807) is 0 Å². The highest BCUT2D eigenvalue weighted by Gasteiger charge is 2.28. The average Bonchev–Trinajstić information content (AvgIpc) is 2.47. The number of hydrogen-bond acceptors (Lipinski definition) is 3. The van der Waals surface area contributed by atoms with Gasteiger partial charge in [-0.1, -0.05) is 12.1 Å². The molecule has 2 aromatic rings. The van der Waals surface area contributed by atoms with Crippen molar-refractivity contribution in [1.29, 1.82) is 0 Å². The molecule has 0 radical (unpaired) electrons. The Labute approximate surface area is 136 Å². The molecular formula is C16H18BrN3O2. The van der Waals surface area contributed by atoms with Crippen molar-refractivity contribution in [2.45, 2.75) is 31.8 Å². The van der Waals surface area contributed by atoms with Gasteiger partial charge < -0.3 is 15.6 Å². The fourth-order valence-corrected chi connectivity index (χ4v) is 3.55. The quantitative estimate of drug-likeness (QED) is 0.815. The van der Waals surface area contributed by atoms with Gasteiger partial charge in [0, 0.05) is 34.6 Å². The van der Waals surface area contributed by atoms with Gasteiger partial charge in [0.05, 0.1) is 11.1 Å². The number of benzene rings is 1. The fraction of sp³-hybridized carbons (Fsp3) is 0.375. The maximum atomic E-state index is 12.9. The van der Waals surface area contributed by atoms with Crippen LogP contribution in [0.15, 0.2) is 33.5 Å². The number of aromatic amines is 1. The van der Waals surface area contributed by atoms with E-state index in [4.69, 9.17) is 5.73 Å². The molecule has 5 nitrogen and oxygen atoms in total. The minimum absolute atomic E-state index is 0.0812. The number of carbonyl (C=O) groups is 1. The number of pyridine rings is 1. The number of rotatable bonds is 1. The summed E-state index contributed by atoms with van der Waals surface area (Å²) in [7, 11) is 0. The number of nitrogens with zero attached hydrogens (tertiary/aromatic N) is 1. The molecule has 1 saturated heterocycles. The Morgan fingerprint density at radius 1 is 1.45 bits per heavy atom. The molecule has 2 atom stereocenters. The zero-order chi connectivity index (χ0) is 15.9. The molecule has 116 valence electrons. The van der Waals surface area contributed by atoms with E-state index in [1.165, 1.54) is 6.07 Å². The molecule has 1 aromatic carbocycles. The molecule has 2 heterocycles. The summed E-state index contributed by atoms with van der Waals surface area (Å²) in [6.45, 7) is 2.63. The molecule has 1 aromatic heterocycles. The third kappa shape index (κ3) is 2.68. The van der Waals surface area contributed by atoms with E-state index >= 15 is 0 Å². The zero-order valence-corrected chi connectivity index (χ0v) is 13.9. The molecule has 1 aliphatic rings. The number of hydrogen-bond donors (Lipinski definition) is 2. The van der Waals surface area contributed by atoms with Crippen LogP contribution >= 0.6 is 15.9 Å². The lowest BCUT2D eigenvalue weighted by atomic mass is 9.97. The largest absolute Gasteiger partial charge is 0.336 e. The summed E-state index contributed by atoms with van der Waals surface area (Å²) in [6.07, 6.45) is 1.58. The van der Waals surface area contributed by atoms with Crippen LogP contribution in [-0.4, -0.2) is 34.4 Å². The lowest BCUT2D eigenvalue weighted by Crippen LogP contribution is -2.48. The van der Waals surface area contributed by atoms with E-state index in [9.17, 15) is 9.59 Å². The maximum Gasteiger partial charge on any atom is 0.254 e. The van der Waals surface area contributed by atoms with Crippen LogP contribution in [-0.2, 0) is 0 Å². The van der Waals surface area contributed by atoms with Gasteiger partial charge in [-0.3, -0.25) is 9.59 Å². The molecule has 1 fully saturated rings. The lowest BCUT2D eigenvalue weighted by Gasteiger charge is -2.36. The molecular weight excluding hydrogens is 346 g/mol. The minimum atomic E-state index is -0.274. The molecule has 1 amide bonds. The van der Waals surface area contributed by atoms with Crippen LogP contribution in [0.4, 0.5) is 0 Å². The third-order valence-electron chi connectivity index (χ3n) is 4.24. The average molecular weight is 364 g/mol. The second-order valence-electron chi connectivity index (χ2n) is 5.84. The summed E-state index contributed by atoms with van der Waals surface area (Å²) in [5.74, 6) is -0.103. The number of H-pyrrole nitrogens is 1. The lowest BCUT2D eigenvalue weighted by molar-refractivity contribution is 0.0621. The van der Waals surface area contributed by atoms with Crippen LogP contribution in [0.2, 0.25) is 0 Å². The summed E-state index contributed by atoms with van der Waals surface area (Å²) in [5, 5.41) is 0.751. The number of nitrogens with one attached hydrogen (secondary N) is 1. The van der Waals surface area contributed by atoms with Crippen molar-refractivity contribution in [3.63, 3.8) is 0 Å². The number of amides is 1. The molecule has 1 aliphatic heterocycles. The molecule has 3 N–H and O–H groups in total. The van der Waals surface area contributed by atoms with E-state index in [1.807, 2.05) is 30.0 Å². The Hall–Kier alpha value is -1.66. The first-order chi connectivity index (χ1) is 10.5. The molecule has 22 heavy (non-hydrogen) atoms. The van der Waals surface area contributed by atoms with E-state index in [2.05, 4.69) is 20.9 Å². The van der Waals surface area contributed by atoms with Gasteiger partial charge >= 0.3 is 0 Å². The summed E-state index contributed by atoms with van der Waals surface area (Å²) in [5.41, 5.74) is 6.79. The van der Waals surface area contributed by atoms with Gasteiger partial charge in [0.25, 0.3) is 5.91 Å². The molecule has 6 heteroatoms. The van der Waals surface area contributed by atoms with Crippen molar-refractivity contribution in [1.82, 2.24) is 9.88 Å². The Morgan fingerprint density at radius 3 is 2.95 bits per heavy atom. The van der Waals surface area contributed by atoms with Crippen molar-refractivity contribution >= 4 is 32.7 Å². The highest BCUT2D eigenvalue weighted by molar-refractivity contribution is 9.10. The molecule has 0 saturated carbocycles. The molecule has 0 spiro atoms. The number of halogens is 1. The van der Waals surface area contributed by atoms with Crippen molar-refractivity contribution in [2.24, 2.45) is 5.73 Å². The van der Waals surface area contributed by atoms with Crippen LogP contribution in [0, 0.1) is 0 Å². The second kappa shape index (κ2) is 5.85. The van der Waals surface area contributed by atoms with E-state index in [0.717, 1.165) is 22.7 Å². The first-order valence-electron chi connectivity index (χ1n) is 7.35. The van der Waals surface area contributed by atoms with Crippen LogP contribution in [0.3, 0.4) is 0 Å². The number of fused-ring (bicyclic) bond motifs is 1. The molecule has 3 rings (SSSR count). The van der Waals surface area contributed by atoms with Crippen molar-refractivity contribution < 1.29 is 4.79 Å². The second-order valence-corrected chi connectivity index (χ2v) is 6.70. The first-order valence-corrected chi connectivity index (χ1v) is 8.15. The van der Waals surface area contributed by atoms with Gasteiger partial charge in [-0.15, -0.1) is 0 Å². The maximum absolute atomic E-state index is 12.9. The topological polar surface area (TPSA) is 79.2 Å². The predicted octanol–water partition coefficient (Wildman–Crippen LogP) is 2.24. The summed E-state index contributed by atoms with van der Waals surface area (Å²) in [4.78, 5) is 29.4. The summed E-state index contributed by atoms with van der Waals surface area (Å²) >= 11 is 3.42. The highest BCUT2D eigenvalue weighted by Crippen LogP contribution is 2.26. The van der Waals surface area contributed by atoms with Gasteiger partial charge in [-0.25, -0.2) is 0 Å². The Bertz CT molecular complexity index is 787. The fourth-order valence-electron chi connectivity index (χ4n) is 3.09. The van der Waals surface area contributed by atoms with E-state index in [0.29, 0.717) is 17.6 Å². The standard InChI is InChI=1S/C16H18BrN3O2/c1-9-7-10(18)5-6-20(9)16(22)12-8-14(21)19-15-11(12)3-2-4-13(15)17/h2-4,8-10H,5-7,18H2,1H3,(H,19,21). The van der Waals surface area contributed by atoms with Crippen molar-refractivity contribution in [2.75, 3.05) is 6.54 Å². The smallest absolute Gasteiger partial charge is 0.254 e. The summed E-state index contributed by atoms with van der Waals surface area (Å²) in [6, 6.07) is 7.16. The van der Waals surface area contributed by atoms with Crippen molar-refractivity contribution in [3.05, 3.63) is 44.7 Å².